The summed E-state index contributed by atoms with van der Waals surface area (Å²) in [4.78, 5) is 0. The molecular weight excluding hydrogens is 455 g/mol. The Kier molecular flexibility index (Phi) is 6.27. The Morgan fingerprint density at radius 3 is 1.34 bits per heavy atom. The first kappa shape index (κ1) is 24.7. The Bertz CT molecular complexity index is 1580. The lowest BCUT2D eigenvalue weighted by molar-refractivity contribution is 0.812. The van der Waals surface area contributed by atoms with Crippen LogP contribution in [0.4, 0.5) is 0 Å². The standard InChI is InChI=1S/C37H37B/c1-23(2)30-21-33(24(3)4)37(34(22-30)25(5)6)38-35-28(17-15-26-11-7-9-13-31(26)35)19-20-29-18-16-27-12-8-10-14-32(27)36(29)38/h7-25H,1-6H3. The van der Waals surface area contributed by atoms with Gasteiger partial charge in [-0.25, -0.2) is 0 Å². The van der Waals surface area contributed by atoms with Crippen molar-refractivity contribution in [3.63, 3.8) is 0 Å². The van der Waals surface area contributed by atoms with E-state index in [-0.39, 0.29) is 6.71 Å². The maximum absolute atomic E-state index is 2.52. The van der Waals surface area contributed by atoms with E-state index in [4.69, 9.17) is 0 Å². The summed E-state index contributed by atoms with van der Waals surface area (Å²) in [6.45, 7) is 14.3. The molecule has 0 atom stereocenters. The SMILES string of the molecule is CC(C)c1cc(C(C)C)c(B2c3c(ccc4ccccc34)C=Cc3ccc4ccccc4c32)c(C(C)C)c1. The predicted molar refractivity (Wildman–Crippen MR) is 170 cm³/mol. The third-order valence-electron chi connectivity index (χ3n) is 8.49. The summed E-state index contributed by atoms with van der Waals surface area (Å²) in [5.74, 6) is 1.35. The highest BCUT2D eigenvalue weighted by molar-refractivity contribution is 6.99. The van der Waals surface area contributed by atoms with Gasteiger partial charge in [0.1, 0.15) is 0 Å². The quantitative estimate of drug-likeness (QED) is 0.217. The van der Waals surface area contributed by atoms with Gasteiger partial charge >= 0.3 is 0 Å². The van der Waals surface area contributed by atoms with Crippen LogP contribution in [0.1, 0.15) is 87.1 Å². The lowest BCUT2D eigenvalue weighted by Crippen LogP contribution is -2.56. The zero-order valence-corrected chi connectivity index (χ0v) is 23.5. The van der Waals surface area contributed by atoms with E-state index in [0.29, 0.717) is 17.8 Å². The zero-order chi connectivity index (χ0) is 26.6. The summed E-state index contributed by atoms with van der Waals surface area (Å²) in [5.41, 5.74) is 11.5. The fraction of sp³-hybridized carbons (Fsp3) is 0.243. The third-order valence-corrected chi connectivity index (χ3v) is 8.49. The number of rotatable bonds is 4. The molecule has 0 aromatic heterocycles. The second-order valence-corrected chi connectivity index (χ2v) is 11.9. The molecule has 5 aromatic carbocycles. The highest BCUT2D eigenvalue weighted by atomic mass is 14.2. The first-order valence-corrected chi connectivity index (χ1v) is 14.2. The Labute approximate surface area is 228 Å². The van der Waals surface area contributed by atoms with Gasteiger partial charge in [-0.1, -0.05) is 155 Å². The largest absolute Gasteiger partial charge is 0.245 e. The van der Waals surface area contributed by atoms with Gasteiger partial charge < -0.3 is 0 Å². The molecule has 0 saturated carbocycles. The molecular formula is C37H37B. The van der Waals surface area contributed by atoms with E-state index in [1.807, 2.05) is 0 Å². The predicted octanol–water partition coefficient (Wildman–Crippen LogP) is 8.36. The number of hydrogen-bond donors (Lipinski definition) is 0. The molecule has 0 nitrogen and oxygen atoms in total. The smallest absolute Gasteiger partial charge is 0.0617 e. The molecule has 1 aliphatic rings. The monoisotopic (exact) mass is 492 g/mol. The van der Waals surface area contributed by atoms with Crippen LogP contribution in [0.2, 0.25) is 0 Å². The van der Waals surface area contributed by atoms with Crippen molar-refractivity contribution in [3.05, 3.63) is 113 Å². The summed E-state index contributed by atoms with van der Waals surface area (Å²) in [6.07, 6.45) is 4.70. The Morgan fingerprint density at radius 1 is 0.474 bits per heavy atom. The molecule has 0 unspecified atom stereocenters. The Balaban J connectivity index is 1.84. The normalized spacial score (nSPS) is 13.0. The first-order chi connectivity index (χ1) is 18.3. The summed E-state index contributed by atoms with van der Waals surface area (Å²) in [7, 11) is 0. The van der Waals surface area contributed by atoms with E-state index in [1.165, 1.54) is 65.8 Å². The molecule has 0 aliphatic carbocycles. The fourth-order valence-corrected chi connectivity index (χ4v) is 6.52. The van der Waals surface area contributed by atoms with Crippen LogP contribution in [0.15, 0.2) is 84.9 Å². The van der Waals surface area contributed by atoms with Gasteiger partial charge in [-0.15, -0.1) is 0 Å². The molecule has 0 radical (unpaired) electrons. The summed E-state index contributed by atoms with van der Waals surface area (Å²) < 4.78 is 0. The molecule has 0 saturated heterocycles. The maximum atomic E-state index is 2.52. The minimum Gasteiger partial charge on any atom is -0.0617 e. The molecule has 1 heterocycles. The molecule has 0 amide bonds. The van der Waals surface area contributed by atoms with Crippen molar-refractivity contribution in [2.24, 2.45) is 0 Å². The van der Waals surface area contributed by atoms with Gasteiger partial charge in [0.15, 0.2) is 0 Å². The molecule has 0 fully saturated rings. The molecule has 0 spiro atoms. The van der Waals surface area contributed by atoms with Crippen LogP contribution in [0.25, 0.3) is 33.7 Å². The summed E-state index contributed by atoms with van der Waals surface area (Å²) in [5, 5.41) is 5.34. The number of fused-ring (bicyclic) bond motifs is 6. The minimum atomic E-state index is 0.142. The van der Waals surface area contributed by atoms with Crippen LogP contribution in [0.3, 0.4) is 0 Å². The number of benzene rings is 5. The lowest BCUT2D eigenvalue weighted by Gasteiger charge is -2.30. The second kappa shape index (κ2) is 9.62. The second-order valence-electron chi connectivity index (χ2n) is 11.9. The average molecular weight is 493 g/mol. The van der Waals surface area contributed by atoms with Crippen LogP contribution in [0.5, 0.6) is 0 Å². The summed E-state index contributed by atoms with van der Waals surface area (Å²) in [6, 6.07) is 32.2. The third kappa shape index (κ3) is 4.00. The van der Waals surface area contributed by atoms with Gasteiger partial charge in [0.2, 0.25) is 6.71 Å². The Hall–Kier alpha value is -3.58. The first-order valence-electron chi connectivity index (χ1n) is 14.2. The van der Waals surface area contributed by atoms with Crippen molar-refractivity contribution in [3.8, 4) is 0 Å². The summed E-state index contributed by atoms with van der Waals surface area (Å²) >= 11 is 0. The topological polar surface area (TPSA) is 0 Å². The molecule has 0 bridgehead atoms. The molecule has 5 aromatic rings. The van der Waals surface area contributed by atoms with Crippen molar-refractivity contribution in [2.75, 3.05) is 0 Å². The van der Waals surface area contributed by atoms with Crippen LogP contribution in [-0.4, -0.2) is 6.71 Å². The van der Waals surface area contributed by atoms with E-state index in [9.17, 15) is 0 Å². The van der Waals surface area contributed by atoms with Gasteiger partial charge in [-0.05, 0) is 67.1 Å². The van der Waals surface area contributed by atoms with E-state index in [0.717, 1.165) is 0 Å². The molecule has 1 heteroatoms. The van der Waals surface area contributed by atoms with Crippen molar-refractivity contribution in [1.82, 2.24) is 0 Å². The minimum absolute atomic E-state index is 0.142. The van der Waals surface area contributed by atoms with Crippen LogP contribution in [0, 0.1) is 0 Å². The maximum Gasteiger partial charge on any atom is 0.245 e. The fourth-order valence-electron chi connectivity index (χ4n) is 6.52. The van der Waals surface area contributed by atoms with Gasteiger partial charge in [0.05, 0.1) is 0 Å². The van der Waals surface area contributed by atoms with Crippen LogP contribution < -0.4 is 16.4 Å². The van der Waals surface area contributed by atoms with Crippen molar-refractivity contribution in [1.29, 1.82) is 0 Å². The molecule has 188 valence electrons. The molecule has 0 N–H and O–H groups in total. The van der Waals surface area contributed by atoms with E-state index in [2.05, 4.69) is 139 Å². The highest BCUT2D eigenvalue weighted by Crippen LogP contribution is 2.30. The molecule has 38 heavy (non-hydrogen) atoms. The van der Waals surface area contributed by atoms with Crippen molar-refractivity contribution < 1.29 is 0 Å². The van der Waals surface area contributed by atoms with Crippen LogP contribution in [-0.2, 0) is 0 Å². The molecule has 6 rings (SSSR count). The zero-order valence-electron chi connectivity index (χ0n) is 23.5. The van der Waals surface area contributed by atoms with E-state index < -0.39 is 0 Å². The van der Waals surface area contributed by atoms with E-state index >= 15 is 0 Å². The van der Waals surface area contributed by atoms with Gasteiger partial charge in [0.25, 0.3) is 0 Å². The van der Waals surface area contributed by atoms with Crippen molar-refractivity contribution >= 4 is 56.8 Å². The number of hydrogen-bond acceptors (Lipinski definition) is 0. The van der Waals surface area contributed by atoms with E-state index in [1.54, 1.807) is 0 Å². The van der Waals surface area contributed by atoms with Crippen LogP contribution >= 0.6 is 0 Å². The van der Waals surface area contributed by atoms with Gasteiger partial charge in [-0.3, -0.25) is 0 Å². The average Bonchev–Trinajstić information content (AvgIpc) is 3.09. The molecule has 1 aliphatic heterocycles. The lowest BCUT2D eigenvalue weighted by atomic mass is 9.33. The van der Waals surface area contributed by atoms with Gasteiger partial charge in [0, 0.05) is 0 Å². The highest BCUT2D eigenvalue weighted by Gasteiger charge is 2.35. The van der Waals surface area contributed by atoms with Gasteiger partial charge in [-0.2, -0.15) is 0 Å². The van der Waals surface area contributed by atoms with Crippen molar-refractivity contribution in [2.45, 2.75) is 59.3 Å². The Morgan fingerprint density at radius 2 is 0.921 bits per heavy atom.